The first-order valence-electron chi connectivity index (χ1n) is 11.5. The monoisotopic (exact) mass is 482 g/mol. The van der Waals surface area contributed by atoms with Gasteiger partial charge in [0.25, 0.3) is 11.8 Å². The molecule has 36 heavy (non-hydrogen) atoms. The number of carbonyl (C=O) groups is 2. The molecular weight excluding hydrogens is 460 g/mol. The average Bonchev–Trinajstić information content (AvgIpc) is 3.50. The molecule has 9 nitrogen and oxygen atoms in total. The maximum absolute atomic E-state index is 13.0. The van der Waals surface area contributed by atoms with E-state index in [1.165, 1.54) is 0 Å². The van der Waals surface area contributed by atoms with Crippen molar-refractivity contribution in [3.8, 4) is 34.2 Å². The molecule has 0 saturated heterocycles. The summed E-state index contributed by atoms with van der Waals surface area (Å²) in [5.41, 5.74) is 11.5. The minimum absolute atomic E-state index is 0.0596. The van der Waals surface area contributed by atoms with Gasteiger partial charge in [-0.1, -0.05) is 12.1 Å². The van der Waals surface area contributed by atoms with E-state index in [2.05, 4.69) is 10.4 Å². The number of nitrogens with zero attached hydrogens (tertiary/aromatic N) is 2. The molecule has 0 unspecified atom stereocenters. The van der Waals surface area contributed by atoms with Crippen molar-refractivity contribution in [2.24, 2.45) is 5.73 Å². The molecule has 3 aromatic carbocycles. The molecule has 4 aromatic rings. The van der Waals surface area contributed by atoms with Gasteiger partial charge < -0.3 is 25.6 Å². The molecule has 180 valence electrons. The summed E-state index contributed by atoms with van der Waals surface area (Å²) in [5.74, 6) is 0.363. The smallest absolute Gasteiger partial charge is 0.269 e. The minimum Gasteiger partial charge on any atom is -0.508 e. The van der Waals surface area contributed by atoms with Crippen LogP contribution in [-0.2, 0) is 12.8 Å². The Kier molecular flexibility index (Phi) is 4.92. The molecule has 0 spiro atoms. The van der Waals surface area contributed by atoms with Crippen molar-refractivity contribution >= 4 is 17.5 Å². The Morgan fingerprint density at radius 2 is 1.89 bits per heavy atom. The first-order chi connectivity index (χ1) is 17.4. The summed E-state index contributed by atoms with van der Waals surface area (Å²) >= 11 is 0. The van der Waals surface area contributed by atoms with E-state index in [0.717, 1.165) is 22.4 Å². The molecule has 6 rings (SSSR count). The third-order valence-electron chi connectivity index (χ3n) is 6.63. The van der Waals surface area contributed by atoms with Crippen LogP contribution in [-0.4, -0.2) is 33.5 Å². The van der Waals surface area contributed by atoms with Crippen LogP contribution in [0.3, 0.4) is 0 Å². The predicted molar refractivity (Wildman–Crippen MR) is 132 cm³/mol. The Labute approximate surface area is 206 Å². The van der Waals surface area contributed by atoms with Crippen molar-refractivity contribution in [3.63, 3.8) is 0 Å². The molecule has 0 atom stereocenters. The Hall–Kier alpha value is -4.79. The lowest BCUT2D eigenvalue weighted by molar-refractivity contribution is 0.0992. The van der Waals surface area contributed by atoms with Crippen LogP contribution >= 0.6 is 0 Å². The van der Waals surface area contributed by atoms with Gasteiger partial charge in [0, 0.05) is 34.0 Å². The number of primary amides is 1. The normalized spacial score (nSPS) is 13.1. The number of fused-ring (bicyclic) bond motifs is 4. The zero-order valence-electron chi connectivity index (χ0n) is 19.4. The molecule has 2 amide bonds. The van der Waals surface area contributed by atoms with Gasteiger partial charge in [0.15, 0.2) is 17.2 Å². The number of hydrogen-bond acceptors (Lipinski definition) is 6. The van der Waals surface area contributed by atoms with Gasteiger partial charge in [-0.3, -0.25) is 9.59 Å². The lowest BCUT2D eigenvalue weighted by atomic mass is 9.88. The Morgan fingerprint density at radius 1 is 1.06 bits per heavy atom. The number of amides is 2. The maximum Gasteiger partial charge on any atom is 0.269 e. The van der Waals surface area contributed by atoms with Gasteiger partial charge in [-0.15, -0.1) is 0 Å². The van der Waals surface area contributed by atoms with E-state index >= 15 is 0 Å². The van der Waals surface area contributed by atoms with Crippen LogP contribution in [0.4, 0.5) is 5.69 Å². The number of nitrogens with one attached hydrogen (secondary N) is 1. The largest absolute Gasteiger partial charge is 0.508 e. The molecule has 4 N–H and O–H groups in total. The van der Waals surface area contributed by atoms with E-state index < -0.39 is 5.91 Å². The Balaban J connectivity index is 1.45. The summed E-state index contributed by atoms with van der Waals surface area (Å²) in [7, 11) is 0. The topological polar surface area (TPSA) is 129 Å². The standard InChI is InChI=1S/C27H22N4O5/c1-14-18(3-2-4-21(14)32)27(34)29-16-7-5-15-6-9-19-24(26(28)33)30-31(25(19)20(15)11-16)17-8-10-22-23(12-17)36-13-35-22/h2-5,7-8,10-12,32H,6,9,13H2,1H3,(H2,28,33)(H,29,34). The highest BCUT2D eigenvalue weighted by molar-refractivity contribution is 6.06. The van der Waals surface area contributed by atoms with Gasteiger partial charge in [0.2, 0.25) is 6.79 Å². The second-order valence-electron chi connectivity index (χ2n) is 8.77. The van der Waals surface area contributed by atoms with Gasteiger partial charge in [0.1, 0.15) is 5.75 Å². The van der Waals surface area contributed by atoms with Gasteiger partial charge in [-0.2, -0.15) is 5.10 Å². The summed E-state index contributed by atoms with van der Waals surface area (Å²) in [5, 5.41) is 17.5. The number of carbonyl (C=O) groups excluding carboxylic acids is 2. The predicted octanol–water partition coefficient (Wildman–Crippen LogP) is 3.73. The average molecular weight is 482 g/mol. The molecule has 0 radical (unpaired) electrons. The van der Waals surface area contributed by atoms with Crippen LogP contribution in [0.2, 0.25) is 0 Å². The van der Waals surface area contributed by atoms with E-state index in [-0.39, 0.29) is 24.1 Å². The number of anilines is 1. The lowest BCUT2D eigenvalue weighted by Crippen LogP contribution is -2.16. The van der Waals surface area contributed by atoms with E-state index in [1.54, 1.807) is 35.9 Å². The molecule has 0 saturated carbocycles. The fourth-order valence-electron chi connectivity index (χ4n) is 4.79. The molecule has 2 heterocycles. The van der Waals surface area contributed by atoms with Crippen LogP contribution in [0.5, 0.6) is 17.2 Å². The van der Waals surface area contributed by atoms with Crippen molar-refractivity contribution in [2.45, 2.75) is 19.8 Å². The summed E-state index contributed by atoms with van der Waals surface area (Å²) in [6, 6.07) is 16.0. The number of nitrogens with two attached hydrogens (primary N) is 1. The molecule has 1 aliphatic heterocycles. The van der Waals surface area contributed by atoms with Gasteiger partial charge in [-0.05, 0) is 61.7 Å². The number of hydrogen-bond donors (Lipinski definition) is 3. The molecular formula is C27H22N4O5. The molecule has 2 aliphatic rings. The van der Waals surface area contributed by atoms with E-state index in [9.17, 15) is 14.7 Å². The van der Waals surface area contributed by atoms with Crippen LogP contribution in [0.15, 0.2) is 54.6 Å². The molecule has 0 bridgehead atoms. The zero-order chi connectivity index (χ0) is 25.0. The molecule has 0 fully saturated rings. The first-order valence-corrected chi connectivity index (χ1v) is 11.5. The van der Waals surface area contributed by atoms with E-state index in [0.29, 0.717) is 46.8 Å². The highest BCUT2D eigenvalue weighted by Gasteiger charge is 2.29. The fraction of sp³-hybridized carbons (Fsp3) is 0.148. The third kappa shape index (κ3) is 3.44. The van der Waals surface area contributed by atoms with Crippen LogP contribution in [0.25, 0.3) is 16.9 Å². The number of aromatic nitrogens is 2. The quantitative estimate of drug-likeness (QED) is 0.407. The highest BCUT2D eigenvalue weighted by atomic mass is 16.7. The third-order valence-corrected chi connectivity index (χ3v) is 6.63. The number of phenolic OH excluding ortho intramolecular Hbond substituents is 1. The molecule has 9 heteroatoms. The number of aromatic hydroxyl groups is 1. The second-order valence-corrected chi connectivity index (χ2v) is 8.77. The van der Waals surface area contributed by atoms with E-state index in [4.69, 9.17) is 15.2 Å². The highest BCUT2D eigenvalue weighted by Crippen LogP contribution is 2.40. The molecule has 1 aromatic heterocycles. The number of rotatable bonds is 4. The first kappa shape index (κ1) is 21.7. The summed E-state index contributed by atoms with van der Waals surface area (Å²) in [6.45, 7) is 1.84. The number of benzene rings is 3. The molecule has 1 aliphatic carbocycles. The van der Waals surface area contributed by atoms with Crippen molar-refractivity contribution in [3.05, 3.63) is 82.5 Å². The van der Waals surface area contributed by atoms with Gasteiger partial charge in [0.05, 0.1) is 11.4 Å². The SMILES string of the molecule is Cc1c(O)cccc1C(=O)Nc1ccc2c(c1)-c1c(c(C(N)=O)nn1-c1ccc3c(c1)OCO3)CC2. The number of ether oxygens (including phenoxy) is 2. The number of aryl methyl sites for hydroxylation is 1. The van der Waals surface area contributed by atoms with Gasteiger partial charge >= 0.3 is 0 Å². The second kappa shape index (κ2) is 8.16. The maximum atomic E-state index is 13.0. The zero-order valence-corrected chi connectivity index (χ0v) is 19.4. The van der Waals surface area contributed by atoms with Crippen molar-refractivity contribution in [1.82, 2.24) is 9.78 Å². The summed E-state index contributed by atoms with van der Waals surface area (Å²) < 4.78 is 12.7. The van der Waals surface area contributed by atoms with Crippen LogP contribution in [0, 0.1) is 6.92 Å². The minimum atomic E-state index is -0.599. The van der Waals surface area contributed by atoms with Crippen LogP contribution < -0.4 is 20.5 Å². The van der Waals surface area contributed by atoms with Crippen molar-refractivity contribution in [2.75, 3.05) is 12.1 Å². The van der Waals surface area contributed by atoms with Gasteiger partial charge in [-0.25, -0.2) is 4.68 Å². The van der Waals surface area contributed by atoms with Crippen molar-refractivity contribution in [1.29, 1.82) is 0 Å². The summed E-state index contributed by atoms with van der Waals surface area (Å²) in [6.07, 6.45) is 1.31. The van der Waals surface area contributed by atoms with E-state index in [1.807, 2.05) is 30.3 Å². The lowest BCUT2D eigenvalue weighted by Gasteiger charge is -2.20. The fourth-order valence-corrected chi connectivity index (χ4v) is 4.79. The van der Waals surface area contributed by atoms with Crippen LogP contribution in [0.1, 0.15) is 37.5 Å². The Bertz CT molecular complexity index is 1570. The number of phenols is 1. The Morgan fingerprint density at radius 3 is 2.72 bits per heavy atom. The van der Waals surface area contributed by atoms with Crippen molar-refractivity contribution < 1.29 is 24.2 Å². The summed E-state index contributed by atoms with van der Waals surface area (Å²) in [4.78, 5) is 25.2.